The summed E-state index contributed by atoms with van der Waals surface area (Å²) in [6.07, 6.45) is 3.48. The summed E-state index contributed by atoms with van der Waals surface area (Å²) in [7, 11) is 0. The highest BCUT2D eigenvalue weighted by Gasteiger charge is 2.55. The summed E-state index contributed by atoms with van der Waals surface area (Å²) in [4.78, 5) is 25.4. The van der Waals surface area contributed by atoms with Crippen LogP contribution in [0.15, 0.2) is 0 Å². The molecule has 0 aromatic carbocycles. The monoisotopic (exact) mass is 253 g/mol. The Kier molecular flexibility index (Phi) is 3.39. The van der Waals surface area contributed by atoms with Crippen molar-refractivity contribution in [2.24, 2.45) is 17.3 Å². The van der Waals surface area contributed by atoms with Crippen LogP contribution in [-0.2, 0) is 9.59 Å². The molecular weight excluding hydrogens is 230 g/mol. The quantitative estimate of drug-likeness (QED) is 0.838. The van der Waals surface area contributed by atoms with Crippen LogP contribution < -0.4 is 0 Å². The van der Waals surface area contributed by atoms with Gasteiger partial charge in [-0.05, 0) is 38.0 Å². The normalized spacial score (nSPS) is 39.5. The summed E-state index contributed by atoms with van der Waals surface area (Å²) < 4.78 is 0. The van der Waals surface area contributed by atoms with Gasteiger partial charge >= 0.3 is 5.97 Å². The lowest BCUT2D eigenvalue weighted by Crippen LogP contribution is -2.50. The Morgan fingerprint density at radius 3 is 2.61 bits per heavy atom. The van der Waals surface area contributed by atoms with Crippen LogP contribution in [0.3, 0.4) is 0 Å². The van der Waals surface area contributed by atoms with E-state index < -0.39 is 11.9 Å². The van der Waals surface area contributed by atoms with Gasteiger partial charge in [0.1, 0.15) is 0 Å². The Bertz CT molecular complexity index is 368. The Morgan fingerprint density at radius 1 is 1.44 bits per heavy atom. The first-order valence-corrected chi connectivity index (χ1v) is 6.94. The van der Waals surface area contributed by atoms with Gasteiger partial charge in [0, 0.05) is 18.5 Å². The summed E-state index contributed by atoms with van der Waals surface area (Å²) in [5.74, 6) is -0.862. The molecule has 2 rings (SSSR count). The topological polar surface area (TPSA) is 57.6 Å². The highest BCUT2D eigenvalue weighted by molar-refractivity contribution is 5.84. The van der Waals surface area contributed by atoms with E-state index in [1.807, 2.05) is 11.8 Å². The van der Waals surface area contributed by atoms with Gasteiger partial charge < -0.3 is 10.0 Å². The smallest absolute Gasteiger partial charge is 0.308 e. The third-order valence-corrected chi connectivity index (χ3v) is 5.05. The predicted octanol–water partition coefficient (Wildman–Crippen LogP) is 2.13. The number of carbonyl (C=O) groups is 2. The molecule has 4 heteroatoms. The molecule has 0 aromatic rings. The van der Waals surface area contributed by atoms with Crippen molar-refractivity contribution in [1.82, 2.24) is 4.90 Å². The van der Waals surface area contributed by atoms with Crippen LogP contribution in [0.5, 0.6) is 0 Å². The van der Waals surface area contributed by atoms with Gasteiger partial charge in [0.25, 0.3) is 0 Å². The summed E-state index contributed by atoms with van der Waals surface area (Å²) in [5.41, 5.74) is 0.160. The number of carboxylic acid groups (broad SMARTS) is 1. The molecule has 1 aliphatic carbocycles. The maximum atomic E-state index is 12.4. The SMILES string of the molecule is CCC1(C)CC1C(=O)N1CCC[C@H](C(=O)O)[C@@H]1C. The second kappa shape index (κ2) is 4.56. The van der Waals surface area contributed by atoms with Gasteiger partial charge in [-0.3, -0.25) is 9.59 Å². The van der Waals surface area contributed by atoms with E-state index in [-0.39, 0.29) is 23.3 Å². The molecule has 4 atom stereocenters. The molecule has 2 fully saturated rings. The Labute approximate surface area is 108 Å². The first kappa shape index (κ1) is 13.4. The molecular formula is C14H23NO3. The lowest BCUT2D eigenvalue weighted by atomic mass is 9.89. The molecule has 0 radical (unpaired) electrons. The molecule has 0 bridgehead atoms. The van der Waals surface area contributed by atoms with E-state index in [1.165, 1.54) is 0 Å². The molecule has 102 valence electrons. The molecule has 0 spiro atoms. The lowest BCUT2D eigenvalue weighted by Gasteiger charge is -2.38. The zero-order valence-electron chi connectivity index (χ0n) is 11.5. The van der Waals surface area contributed by atoms with Gasteiger partial charge in [-0.15, -0.1) is 0 Å². The molecule has 1 N–H and O–H groups in total. The summed E-state index contributed by atoms with van der Waals surface area (Å²) in [5, 5.41) is 9.17. The third kappa shape index (κ3) is 2.13. The van der Waals surface area contributed by atoms with Crippen molar-refractivity contribution in [2.75, 3.05) is 6.54 Å². The minimum Gasteiger partial charge on any atom is -0.481 e. The van der Waals surface area contributed by atoms with Gasteiger partial charge in [0.05, 0.1) is 5.92 Å². The molecule has 2 unspecified atom stereocenters. The van der Waals surface area contributed by atoms with Crippen LogP contribution in [0.2, 0.25) is 0 Å². The van der Waals surface area contributed by atoms with Crippen LogP contribution in [0.25, 0.3) is 0 Å². The molecule has 1 heterocycles. The summed E-state index contributed by atoms with van der Waals surface area (Å²) in [6.45, 7) is 6.87. The van der Waals surface area contributed by atoms with Gasteiger partial charge in [-0.25, -0.2) is 0 Å². The number of nitrogens with zero attached hydrogens (tertiary/aromatic N) is 1. The van der Waals surface area contributed by atoms with Crippen LogP contribution in [0, 0.1) is 17.3 Å². The average molecular weight is 253 g/mol. The first-order valence-electron chi connectivity index (χ1n) is 6.94. The molecule has 1 saturated carbocycles. The van der Waals surface area contributed by atoms with Crippen molar-refractivity contribution < 1.29 is 14.7 Å². The second-order valence-electron chi connectivity index (χ2n) is 6.12. The largest absolute Gasteiger partial charge is 0.481 e. The number of likely N-dealkylation sites (tertiary alicyclic amines) is 1. The van der Waals surface area contributed by atoms with Gasteiger partial charge in [0.2, 0.25) is 5.91 Å². The number of carbonyl (C=O) groups excluding carboxylic acids is 1. The van der Waals surface area contributed by atoms with E-state index in [2.05, 4.69) is 13.8 Å². The fraction of sp³-hybridized carbons (Fsp3) is 0.857. The first-order chi connectivity index (χ1) is 8.40. The van der Waals surface area contributed by atoms with E-state index in [1.54, 1.807) is 0 Å². The molecule has 18 heavy (non-hydrogen) atoms. The number of rotatable bonds is 3. The van der Waals surface area contributed by atoms with Gasteiger partial charge in [-0.2, -0.15) is 0 Å². The summed E-state index contributed by atoms with van der Waals surface area (Å²) >= 11 is 0. The average Bonchev–Trinajstić information content (AvgIpc) is 3.01. The fourth-order valence-electron chi connectivity index (χ4n) is 3.17. The van der Waals surface area contributed by atoms with E-state index in [0.29, 0.717) is 6.42 Å². The highest BCUT2D eigenvalue weighted by Crippen LogP contribution is 2.55. The molecule has 1 aliphatic heterocycles. The van der Waals surface area contributed by atoms with Crippen molar-refractivity contribution in [3.05, 3.63) is 0 Å². The summed E-state index contributed by atoms with van der Waals surface area (Å²) in [6, 6.07) is -0.162. The van der Waals surface area contributed by atoms with Gasteiger partial charge in [0.15, 0.2) is 0 Å². The second-order valence-corrected chi connectivity index (χ2v) is 6.12. The molecule has 2 aliphatic rings. The molecule has 4 nitrogen and oxygen atoms in total. The maximum Gasteiger partial charge on any atom is 0.308 e. The van der Waals surface area contributed by atoms with Crippen molar-refractivity contribution in [1.29, 1.82) is 0 Å². The Morgan fingerprint density at radius 2 is 2.11 bits per heavy atom. The zero-order chi connectivity index (χ0) is 13.5. The number of aliphatic carboxylic acids is 1. The lowest BCUT2D eigenvalue weighted by molar-refractivity contribution is -0.149. The minimum atomic E-state index is -0.769. The maximum absolute atomic E-state index is 12.4. The number of hydrogen-bond acceptors (Lipinski definition) is 2. The van der Waals surface area contributed by atoms with Crippen LogP contribution in [0.1, 0.15) is 46.5 Å². The molecule has 1 saturated heterocycles. The minimum absolute atomic E-state index is 0.123. The van der Waals surface area contributed by atoms with Crippen LogP contribution >= 0.6 is 0 Å². The van der Waals surface area contributed by atoms with Crippen LogP contribution in [-0.4, -0.2) is 34.5 Å². The number of carboxylic acids is 1. The number of piperidine rings is 1. The van der Waals surface area contributed by atoms with Crippen molar-refractivity contribution in [2.45, 2.75) is 52.5 Å². The standard InChI is InChI=1S/C14H23NO3/c1-4-14(3)8-11(14)12(16)15-7-5-6-10(9(15)2)13(17)18/h9-11H,4-8H2,1-3H3,(H,17,18)/t9-,10-,11?,14?/m0/s1. The van der Waals surface area contributed by atoms with Crippen molar-refractivity contribution >= 4 is 11.9 Å². The predicted molar refractivity (Wildman–Crippen MR) is 68.0 cm³/mol. The number of amides is 1. The zero-order valence-corrected chi connectivity index (χ0v) is 11.5. The van der Waals surface area contributed by atoms with E-state index in [4.69, 9.17) is 0 Å². The van der Waals surface area contributed by atoms with Crippen molar-refractivity contribution in [3.8, 4) is 0 Å². The fourth-order valence-corrected chi connectivity index (χ4v) is 3.17. The molecule has 1 amide bonds. The van der Waals surface area contributed by atoms with Crippen molar-refractivity contribution in [3.63, 3.8) is 0 Å². The van der Waals surface area contributed by atoms with Gasteiger partial charge in [-0.1, -0.05) is 13.8 Å². The Balaban J connectivity index is 2.05. The van der Waals surface area contributed by atoms with E-state index >= 15 is 0 Å². The Hall–Kier alpha value is -1.06. The van der Waals surface area contributed by atoms with Crippen LogP contribution in [0.4, 0.5) is 0 Å². The molecule has 0 aromatic heterocycles. The van der Waals surface area contributed by atoms with E-state index in [9.17, 15) is 14.7 Å². The van der Waals surface area contributed by atoms with E-state index in [0.717, 1.165) is 25.8 Å². The third-order valence-electron chi connectivity index (χ3n) is 5.05. The highest BCUT2D eigenvalue weighted by atomic mass is 16.4. The number of hydrogen-bond donors (Lipinski definition) is 1.